The number of guanidine groups is 1. The minimum Gasteiger partial charge on any atom is -0.489 e. The predicted octanol–water partition coefficient (Wildman–Crippen LogP) is 4.88. The van der Waals surface area contributed by atoms with Crippen LogP contribution in [0.25, 0.3) is 0 Å². The highest BCUT2D eigenvalue weighted by Crippen LogP contribution is 2.37. The Morgan fingerprint density at radius 2 is 1.93 bits per heavy atom. The maximum atomic E-state index is 7.35. The van der Waals surface area contributed by atoms with Crippen LogP contribution in [-0.2, 0) is 19.4 Å². The number of aryl methyl sites for hydroxylation is 1. The Bertz CT molecular complexity index is 927. The number of benzene rings is 2. The number of hydrogen-bond donors (Lipinski definition) is 3. The number of fused-ring (bicyclic) bond motifs is 1. The third-order valence-electron chi connectivity index (χ3n) is 4.78. The third kappa shape index (κ3) is 4.91. The lowest BCUT2D eigenvalue weighted by Gasteiger charge is -2.21. The van der Waals surface area contributed by atoms with E-state index in [9.17, 15) is 0 Å². The molecular weight excluding hydrogens is 436 g/mol. The number of ether oxygens (including phenoxy) is 1. The van der Waals surface area contributed by atoms with Gasteiger partial charge in [0.1, 0.15) is 12.4 Å². The number of nitrogens with zero attached hydrogens (tertiary/aromatic N) is 1. The second kappa shape index (κ2) is 9.21. The number of nitrogens with two attached hydrogens (primary N) is 1. The molecule has 0 amide bonds. The van der Waals surface area contributed by atoms with E-state index in [-0.39, 0.29) is 22.9 Å². The molecule has 28 heavy (non-hydrogen) atoms. The highest BCUT2D eigenvalue weighted by atomic mass is 79.9. The first-order valence-corrected chi connectivity index (χ1v) is 9.85. The summed E-state index contributed by atoms with van der Waals surface area (Å²) >= 11 is 1.60. The summed E-state index contributed by atoms with van der Waals surface area (Å²) in [7, 11) is 0. The van der Waals surface area contributed by atoms with Crippen LogP contribution in [0.3, 0.4) is 0 Å². The Morgan fingerprint density at radius 1 is 1.18 bits per heavy atom. The van der Waals surface area contributed by atoms with E-state index in [1.165, 1.54) is 16.0 Å². The van der Waals surface area contributed by atoms with E-state index >= 15 is 0 Å². The molecule has 1 aliphatic carbocycles. The first-order chi connectivity index (χ1) is 13.2. The van der Waals surface area contributed by atoms with E-state index in [2.05, 4.69) is 46.7 Å². The number of anilines is 1. The van der Waals surface area contributed by atoms with E-state index in [1.54, 1.807) is 11.3 Å². The van der Waals surface area contributed by atoms with Crippen LogP contribution in [0.4, 0.5) is 5.13 Å². The molecule has 1 heterocycles. The maximum absolute atomic E-state index is 7.35. The van der Waals surface area contributed by atoms with Gasteiger partial charge < -0.3 is 15.8 Å². The molecule has 3 aromatic rings. The summed E-state index contributed by atoms with van der Waals surface area (Å²) in [6, 6.07) is 18.7. The number of aromatic nitrogens is 1. The van der Waals surface area contributed by atoms with Crippen molar-refractivity contribution in [2.24, 2.45) is 5.73 Å². The second-order valence-electron chi connectivity index (χ2n) is 6.71. The van der Waals surface area contributed by atoms with Gasteiger partial charge in [-0.3, -0.25) is 5.41 Å². The summed E-state index contributed by atoms with van der Waals surface area (Å²) in [5.41, 5.74) is 9.05. The van der Waals surface area contributed by atoms with Gasteiger partial charge in [0.2, 0.25) is 0 Å². The average molecular weight is 459 g/mol. The molecule has 0 saturated carbocycles. The smallest absolute Gasteiger partial charge is 0.192 e. The normalized spacial score (nSPS) is 15.2. The van der Waals surface area contributed by atoms with Crippen molar-refractivity contribution >= 4 is 39.4 Å². The summed E-state index contributed by atoms with van der Waals surface area (Å²) < 4.78 is 5.88. The van der Waals surface area contributed by atoms with Crippen LogP contribution in [0, 0.1) is 5.41 Å². The number of hydrogen-bond acceptors (Lipinski definition) is 4. The van der Waals surface area contributed by atoms with Gasteiger partial charge in [0.25, 0.3) is 0 Å². The zero-order chi connectivity index (χ0) is 18.6. The monoisotopic (exact) mass is 458 g/mol. The van der Waals surface area contributed by atoms with Gasteiger partial charge in [-0.25, -0.2) is 4.98 Å². The van der Waals surface area contributed by atoms with E-state index < -0.39 is 0 Å². The van der Waals surface area contributed by atoms with E-state index in [4.69, 9.17) is 15.9 Å². The molecule has 146 valence electrons. The van der Waals surface area contributed by atoms with Crippen molar-refractivity contribution in [3.05, 3.63) is 76.3 Å². The lowest BCUT2D eigenvalue weighted by atomic mass is 9.85. The molecule has 0 bridgehead atoms. The van der Waals surface area contributed by atoms with Crippen LogP contribution in [-0.4, -0.2) is 10.9 Å². The molecule has 0 spiro atoms. The number of halogens is 1. The van der Waals surface area contributed by atoms with Crippen LogP contribution in [0.2, 0.25) is 0 Å². The van der Waals surface area contributed by atoms with Gasteiger partial charge in [0.15, 0.2) is 11.1 Å². The fourth-order valence-corrected chi connectivity index (χ4v) is 4.51. The molecule has 0 radical (unpaired) electrons. The fraction of sp³-hybridized carbons (Fsp3) is 0.238. The SMILES string of the molecule is Br.N=C(N)Nc1nc2c(s1)CC(c1ccc(OCc3ccccc3)cc1)CC2. The second-order valence-corrected chi connectivity index (χ2v) is 7.79. The van der Waals surface area contributed by atoms with Crippen LogP contribution in [0.5, 0.6) is 5.75 Å². The molecule has 0 fully saturated rings. The van der Waals surface area contributed by atoms with Crippen LogP contribution in [0.1, 0.15) is 34.0 Å². The summed E-state index contributed by atoms with van der Waals surface area (Å²) in [6.45, 7) is 0.583. The maximum Gasteiger partial charge on any atom is 0.192 e. The van der Waals surface area contributed by atoms with Gasteiger partial charge in [0.05, 0.1) is 5.69 Å². The van der Waals surface area contributed by atoms with Crippen molar-refractivity contribution in [2.45, 2.75) is 31.8 Å². The minimum absolute atomic E-state index is 0. The van der Waals surface area contributed by atoms with Gasteiger partial charge in [-0.2, -0.15) is 0 Å². The van der Waals surface area contributed by atoms with Crippen LogP contribution >= 0.6 is 28.3 Å². The standard InChI is InChI=1S/C21H22N4OS.BrH/c22-20(23)25-21-24-18-11-8-16(12-19(18)27-21)15-6-9-17(10-7-15)26-13-14-4-2-1-3-5-14;/h1-7,9-10,16H,8,11-13H2,(H4,22,23,24,25);1H. The molecule has 1 unspecified atom stereocenters. The number of thiazole rings is 1. The van der Waals surface area contributed by atoms with Gasteiger partial charge in [0, 0.05) is 4.88 Å². The summed E-state index contributed by atoms with van der Waals surface area (Å²) in [6.07, 6.45) is 3.03. The Labute approximate surface area is 179 Å². The molecule has 5 nitrogen and oxygen atoms in total. The minimum atomic E-state index is -0.0660. The molecule has 0 aliphatic heterocycles. The summed E-state index contributed by atoms with van der Waals surface area (Å²) in [5, 5.41) is 10.9. The summed E-state index contributed by atoms with van der Waals surface area (Å²) in [4.78, 5) is 5.84. The highest BCUT2D eigenvalue weighted by molar-refractivity contribution is 8.93. The lowest BCUT2D eigenvalue weighted by molar-refractivity contribution is 0.306. The molecule has 7 heteroatoms. The summed E-state index contributed by atoms with van der Waals surface area (Å²) in [5.74, 6) is 1.32. The first-order valence-electron chi connectivity index (χ1n) is 9.03. The molecule has 1 aliphatic rings. The molecule has 0 saturated heterocycles. The first kappa shape index (κ1) is 20.4. The van der Waals surface area contributed by atoms with Gasteiger partial charge in [-0.15, -0.1) is 28.3 Å². The number of rotatable bonds is 5. The van der Waals surface area contributed by atoms with E-state index in [1.807, 2.05) is 18.2 Å². The van der Waals surface area contributed by atoms with Gasteiger partial charge in [-0.05, 0) is 48.4 Å². The van der Waals surface area contributed by atoms with Gasteiger partial charge in [-0.1, -0.05) is 42.5 Å². The predicted molar refractivity (Wildman–Crippen MR) is 120 cm³/mol. The zero-order valence-corrected chi connectivity index (χ0v) is 17.9. The molecule has 1 aromatic heterocycles. The zero-order valence-electron chi connectivity index (χ0n) is 15.4. The van der Waals surface area contributed by atoms with Crippen molar-refractivity contribution in [1.29, 1.82) is 5.41 Å². The fourth-order valence-electron chi connectivity index (χ4n) is 3.41. The molecule has 1 atom stereocenters. The third-order valence-corrected chi connectivity index (χ3v) is 5.82. The molecule has 2 aromatic carbocycles. The van der Waals surface area contributed by atoms with E-state index in [0.717, 1.165) is 35.8 Å². The molecule has 4 N–H and O–H groups in total. The Kier molecular flexibility index (Phi) is 6.70. The Balaban J connectivity index is 0.00000225. The lowest BCUT2D eigenvalue weighted by Crippen LogP contribution is -2.20. The van der Waals surface area contributed by atoms with Crippen molar-refractivity contribution in [3.63, 3.8) is 0 Å². The van der Waals surface area contributed by atoms with Crippen molar-refractivity contribution in [2.75, 3.05) is 5.32 Å². The topological polar surface area (TPSA) is 84.0 Å². The molecular formula is C21H23BrN4OS. The Hall–Kier alpha value is -2.38. The number of nitrogens with one attached hydrogen (secondary N) is 2. The van der Waals surface area contributed by atoms with Crippen LogP contribution in [0.15, 0.2) is 54.6 Å². The largest absolute Gasteiger partial charge is 0.489 e. The quantitative estimate of drug-likeness (QED) is 0.375. The Morgan fingerprint density at radius 3 is 2.64 bits per heavy atom. The molecule has 4 rings (SSSR count). The highest BCUT2D eigenvalue weighted by Gasteiger charge is 2.24. The van der Waals surface area contributed by atoms with Crippen molar-refractivity contribution in [1.82, 2.24) is 4.98 Å². The van der Waals surface area contributed by atoms with Crippen molar-refractivity contribution in [3.8, 4) is 5.75 Å². The van der Waals surface area contributed by atoms with E-state index in [0.29, 0.717) is 12.5 Å². The van der Waals surface area contributed by atoms with Gasteiger partial charge >= 0.3 is 0 Å². The average Bonchev–Trinajstić information content (AvgIpc) is 3.08. The van der Waals surface area contributed by atoms with Crippen LogP contribution < -0.4 is 15.8 Å². The van der Waals surface area contributed by atoms with Crippen molar-refractivity contribution < 1.29 is 4.74 Å².